The molecule has 55 heavy (non-hydrogen) atoms. The lowest BCUT2D eigenvalue weighted by molar-refractivity contribution is -0.150. The van der Waals surface area contributed by atoms with E-state index in [0.717, 1.165) is 43.4 Å². The van der Waals surface area contributed by atoms with Crippen molar-refractivity contribution in [1.29, 1.82) is 0 Å². The molecule has 3 rings (SSSR count). The minimum atomic E-state index is -1.07. The average Bonchev–Trinajstić information content (AvgIpc) is 3.42. The molecular weight excluding hydrogens is 718 g/mol. The van der Waals surface area contributed by atoms with Crippen LogP contribution in [0.2, 0.25) is 0 Å². The zero-order valence-electron chi connectivity index (χ0n) is 32.4. The molecule has 1 aromatic carbocycles. The van der Waals surface area contributed by atoms with Gasteiger partial charge in [-0.25, -0.2) is 0 Å². The monoisotopic (exact) mass is 777 g/mol. The van der Waals surface area contributed by atoms with Crippen LogP contribution >= 0.6 is 0 Å². The first-order chi connectivity index (χ1) is 26.8. The van der Waals surface area contributed by atoms with Crippen molar-refractivity contribution in [2.45, 2.75) is 84.1 Å². The molecule has 5 amide bonds. The highest BCUT2D eigenvalue weighted by Gasteiger charge is 2.45. The van der Waals surface area contributed by atoms with E-state index in [1.54, 1.807) is 12.1 Å². The molecule has 2 aliphatic heterocycles. The van der Waals surface area contributed by atoms with E-state index in [2.05, 4.69) is 17.6 Å². The first-order valence-corrected chi connectivity index (χ1v) is 19.6. The number of amides is 5. The molecule has 1 saturated heterocycles. The third-order valence-corrected chi connectivity index (χ3v) is 9.00. The van der Waals surface area contributed by atoms with Gasteiger partial charge in [-0.2, -0.15) is 0 Å². The number of rotatable bonds is 31. The number of nitrogens with zero attached hydrogens (tertiary/aromatic N) is 1. The predicted octanol–water partition coefficient (Wildman–Crippen LogP) is 3.45. The number of carbonyl (C=O) groups excluding carboxylic acids is 6. The van der Waals surface area contributed by atoms with Crippen LogP contribution in [0.5, 0.6) is 0 Å². The SMILES string of the molecule is CCCCC(CC)C(=O)OCCOCCOCCOCCOCCOCCOCCCCCC(=O)Nc1cccc2c1C(=O)N(C1CCC(=O)NC1=O)C2=O. The second-order valence-corrected chi connectivity index (χ2v) is 13.1. The van der Waals surface area contributed by atoms with Crippen LogP contribution in [0.1, 0.15) is 98.8 Å². The summed E-state index contributed by atoms with van der Waals surface area (Å²) in [5.74, 6) is -2.88. The van der Waals surface area contributed by atoms with Crippen molar-refractivity contribution >= 4 is 41.2 Å². The van der Waals surface area contributed by atoms with Crippen LogP contribution in [0.15, 0.2) is 18.2 Å². The standard InChI is InChI=1S/C39H59N3O13/c1-3-5-10-29(4-2)39(48)55-28-27-54-26-25-53-24-23-52-22-21-51-20-19-50-18-17-49-16-8-6-7-13-33(43)40-31-12-9-11-30-35(31)38(47)42(37(30)46)32-14-15-34(44)41-36(32)45/h9,11-12,29,32H,3-8,10,13-28H2,1-2H3,(H,40,43)(H,41,44,45). The molecule has 2 atom stereocenters. The number of carbonyl (C=O) groups is 6. The topological polar surface area (TPSA) is 194 Å². The summed E-state index contributed by atoms with van der Waals surface area (Å²) in [6.45, 7) is 9.70. The lowest BCUT2D eigenvalue weighted by Crippen LogP contribution is -2.54. The molecule has 0 bridgehead atoms. The summed E-state index contributed by atoms with van der Waals surface area (Å²) in [5.41, 5.74) is 0.379. The van der Waals surface area contributed by atoms with Crippen molar-refractivity contribution in [2.24, 2.45) is 5.92 Å². The van der Waals surface area contributed by atoms with Gasteiger partial charge in [0.25, 0.3) is 11.8 Å². The summed E-state index contributed by atoms with van der Waals surface area (Å²) < 4.78 is 38.3. The van der Waals surface area contributed by atoms with E-state index >= 15 is 0 Å². The summed E-state index contributed by atoms with van der Waals surface area (Å²) in [6, 6.07) is 3.53. The molecule has 16 nitrogen and oxygen atoms in total. The minimum absolute atomic E-state index is 0.0231. The predicted molar refractivity (Wildman–Crippen MR) is 199 cm³/mol. The Morgan fingerprint density at radius 3 is 1.89 bits per heavy atom. The van der Waals surface area contributed by atoms with Crippen LogP contribution < -0.4 is 10.6 Å². The van der Waals surface area contributed by atoms with E-state index in [-0.39, 0.29) is 60.5 Å². The molecule has 0 aromatic heterocycles. The van der Waals surface area contributed by atoms with Crippen molar-refractivity contribution in [3.63, 3.8) is 0 Å². The number of nitrogens with one attached hydrogen (secondary N) is 2. The summed E-state index contributed by atoms with van der Waals surface area (Å²) in [7, 11) is 0. The molecule has 0 aliphatic carbocycles. The molecule has 1 fully saturated rings. The van der Waals surface area contributed by atoms with Gasteiger partial charge in [-0.15, -0.1) is 0 Å². The van der Waals surface area contributed by atoms with Crippen LogP contribution in [0.3, 0.4) is 0 Å². The average molecular weight is 778 g/mol. The summed E-state index contributed by atoms with van der Waals surface area (Å²) in [5, 5.41) is 4.90. The molecule has 308 valence electrons. The van der Waals surface area contributed by atoms with Gasteiger partial charge in [0.05, 0.1) is 95.4 Å². The summed E-state index contributed by atoms with van der Waals surface area (Å²) >= 11 is 0. The molecule has 2 aliphatic rings. The number of fused-ring (bicyclic) bond motifs is 1. The van der Waals surface area contributed by atoms with Crippen LogP contribution in [-0.4, -0.2) is 132 Å². The molecular formula is C39H59N3O13. The van der Waals surface area contributed by atoms with Crippen molar-refractivity contribution in [3.8, 4) is 0 Å². The second-order valence-electron chi connectivity index (χ2n) is 13.1. The minimum Gasteiger partial charge on any atom is -0.463 e. The van der Waals surface area contributed by atoms with E-state index in [4.69, 9.17) is 33.2 Å². The number of ether oxygens (including phenoxy) is 7. The number of hydrogen-bond donors (Lipinski definition) is 2. The maximum Gasteiger partial charge on any atom is 0.308 e. The highest BCUT2D eigenvalue weighted by Crippen LogP contribution is 2.32. The van der Waals surface area contributed by atoms with Crippen LogP contribution in [0, 0.1) is 5.92 Å². The lowest BCUT2D eigenvalue weighted by atomic mass is 10.00. The van der Waals surface area contributed by atoms with Gasteiger partial charge < -0.3 is 38.5 Å². The van der Waals surface area contributed by atoms with Gasteiger partial charge in [-0.05, 0) is 44.2 Å². The summed E-state index contributed by atoms with van der Waals surface area (Å²) in [6.07, 6.45) is 6.21. The number of hydrogen-bond acceptors (Lipinski definition) is 13. The van der Waals surface area contributed by atoms with Crippen molar-refractivity contribution in [3.05, 3.63) is 29.3 Å². The smallest absolute Gasteiger partial charge is 0.308 e. The van der Waals surface area contributed by atoms with Gasteiger partial charge in [0.15, 0.2) is 0 Å². The quantitative estimate of drug-likeness (QED) is 0.0633. The number of piperidine rings is 1. The molecule has 2 unspecified atom stereocenters. The first-order valence-electron chi connectivity index (χ1n) is 19.6. The Kier molecular flexibility index (Phi) is 22.3. The van der Waals surface area contributed by atoms with E-state index in [1.165, 1.54) is 6.07 Å². The molecule has 2 heterocycles. The van der Waals surface area contributed by atoms with Gasteiger partial charge in [0.1, 0.15) is 12.6 Å². The van der Waals surface area contributed by atoms with E-state index in [1.807, 2.05) is 6.92 Å². The van der Waals surface area contributed by atoms with Gasteiger partial charge in [-0.1, -0.05) is 39.2 Å². The largest absolute Gasteiger partial charge is 0.463 e. The van der Waals surface area contributed by atoms with Gasteiger partial charge in [0, 0.05) is 19.4 Å². The van der Waals surface area contributed by atoms with Crippen LogP contribution in [-0.2, 0) is 52.3 Å². The van der Waals surface area contributed by atoms with E-state index in [0.29, 0.717) is 85.7 Å². The van der Waals surface area contributed by atoms with Crippen molar-refractivity contribution in [2.75, 3.05) is 91.2 Å². The number of esters is 1. The highest BCUT2D eigenvalue weighted by atomic mass is 16.6. The fraction of sp³-hybridized carbons (Fsp3) is 0.692. The maximum atomic E-state index is 13.2. The number of anilines is 1. The third kappa shape index (κ3) is 16.5. The van der Waals surface area contributed by atoms with Crippen LogP contribution in [0.25, 0.3) is 0 Å². The van der Waals surface area contributed by atoms with Gasteiger partial charge in [0.2, 0.25) is 17.7 Å². The fourth-order valence-electron chi connectivity index (χ4n) is 5.96. The van der Waals surface area contributed by atoms with Crippen LogP contribution in [0.4, 0.5) is 5.69 Å². The fourth-order valence-corrected chi connectivity index (χ4v) is 5.96. The molecule has 1 aromatic rings. The van der Waals surface area contributed by atoms with E-state index < -0.39 is 29.7 Å². The first kappa shape index (κ1) is 45.6. The van der Waals surface area contributed by atoms with Crippen molar-refractivity contribution in [1.82, 2.24) is 10.2 Å². The second kappa shape index (κ2) is 26.9. The molecule has 0 radical (unpaired) electrons. The van der Waals surface area contributed by atoms with Gasteiger partial charge in [-0.3, -0.25) is 39.0 Å². The molecule has 2 N–H and O–H groups in total. The highest BCUT2D eigenvalue weighted by molar-refractivity contribution is 6.26. The Morgan fingerprint density at radius 2 is 1.33 bits per heavy atom. The third-order valence-electron chi connectivity index (χ3n) is 9.00. The number of imide groups is 2. The van der Waals surface area contributed by atoms with E-state index in [9.17, 15) is 28.8 Å². The summed E-state index contributed by atoms with van der Waals surface area (Å²) in [4.78, 5) is 75.5. The zero-order chi connectivity index (χ0) is 39.7. The normalized spacial score (nSPS) is 16.0. The Bertz CT molecular complexity index is 1370. The molecule has 0 saturated carbocycles. The Morgan fingerprint density at radius 1 is 0.745 bits per heavy atom. The number of unbranched alkanes of at least 4 members (excludes halogenated alkanes) is 3. The molecule has 16 heteroatoms. The molecule has 0 spiro atoms. The Labute approximate surface area is 323 Å². The Hall–Kier alpha value is -3.80. The van der Waals surface area contributed by atoms with Gasteiger partial charge >= 0.3 is 5.97 Å². The Balaban J connectivity index is 1.07. The number of benzene rings is 1. The zero-order valence-corrected chi connectivity index (χ0v) is 32.4. The maximum absolute atomic E-state index is 13.2. The lowest BCUT2D eigenvalue weighted by Gasteiger charge is -2.27. The van der Waals surface area contributed by atoms with Crippen molar-refractivity contribution < 1.29 is 61.9 Å².